The molecule has 0 aromatic heterocycles. The standard InChI is InChI=1S/C17H37N3/c1-6-20-13-12-19(14-15(20)2)11-7-8-16(9-10-18)17(3,4)5/h15-16H,6-14,18H2,1-5H3. The van der Waals surface area contributed by atoms with Crippen molar-refractivity contribution in [2.24, 2.45) is 17.1 Å². The SMILES string of the molecule is CCN1CCN(CCCC(CCN)C(C)(C)C)CC1C. The number of hydrogen-bond acceptors (Lipinski definition) is 3. The van der Waals surface area contributed by atoms with Crippen LogP contribution in [0.25, 0.3) is 0 Å². The number of hydrogen-bond donors (Lipinski definition) is 1. The van der Waals surface area contributed by atoms with Gasteiger partial charge in [-0.15, -0.1) is 0 Å². The highest BCUT2D eigenvalue weighted by Gasteiger charge is 2.25. The van der Waals surface area contributed by atoms with Gasteiger partial charge in [-0.3, -0.25) is 4.90 Å². The zero-order chi connectivity index (χ0) is 15.2. The molecule has 120 valence electrons. The lowest BCUT2D eigenvalue weighted by Gasteiger charge is -2.39. The van der Waals surface area contributed by atoms with Gasteiger partial charge in [0.2, 0.25) is 0 Å². The molecule has 2 N–H and O–H groups in total. The number of piperazine rings is 1. The highest BCUT2D eigenvalue weighted by molar-refractivity contribution is 4.79. The molecule has 0 aliphatic carbocycles. The Morgan fingerprint density at radius 1 is 1.20 bits per heavy atom. The second kappa shape index (κ2) is 8.35. The first-order chi connectivity index (χ1) is 9.38. The quantitative estimate of drug-likeness (QED) is 0.780. The maximum Gasteiger partial charge on any atom is 0.0195 e. The summed E-state index contributed by atoms with van der Waals surface area (Å²) in [4.78, 5) is 5.24. The lowest BCUT2D eigenvalue weighted by molar-refractivity contribution is 0.0837. The highest BCUT2D eigenvalue weighted by atomic mass is 15.3. The molecule has 0 saturated carbocycles. The zero-order valence-corrected chi connectivity index (χ0v) is 14.5. The maximum atomic E-state index is 5.77. The summed E-state index contributed by atoms with van der Waals surface area (Å²) in [5, 5.41) is 0. The number of rotatable bonds is 7. The van der Waals surface area contributed by atoms with Crippen LogP contribution in [0.1, 0.15) is 53.9 Å². The van der Waals surface area contributed by atoms with Gasteiger partial charge >= 0.3 is 0 Å². The van der Waals surface area contributed by atoms with Gasteiger partial charge in [-0.05, 0) is 57.2 Å². The fraction of sp³-hybridized carbons (Fsp3) is 1.00. The van der Waals surface area contributed by atoms with Crippen molar-refractivity contribution < 1.29 is 0 Å². The Morgan fingerprint density at radius 3 is 2.40 bits per heavy atom. The van der Waals surface area contributed by atoms with Crippen LogP contribution in [0, 0.1) is 11.3 Å². The van der Waals surface area contributed by atoms with Crippen molar-refractivity contribution >= 4 is 0 Å². The third-order valence-corrected chi connectivity index (χ3v) is 5.02. The van der Waals surface area contributed by atoms with E-state index in [2.05, 4.69) is 44.4 Å². The lowest BCUT2D eigenvalue weighted by Crippen LogP contribution is -2.51. The van der Waals surface area contributed by atoms with Gasteiger partial charge in [0.05, 0.1) is 0 Å². The summed E-state index contributed by atoms with van der Waals surface area (Å²) in [5.74, 6) is 0.766. The highest BCUT2D eigenvalue weighted by Crippen LogP contribution is 2.32. The van der Waals surface area contributed by atoms with E-state index in [0.29, 0.717) is 5.41 Å². The summed E-state index contributed by atoms with van der Waals surface area (Å²) in [5.41, 5.74) is 6.17. The van der Waals surface area contributed by atoms with Crippen LogP contribution in [0.15, 0.2) is 0 Å². The van der Waals surface area contributed by atoms with Crippen molar-refractivity contribution in [3.8, 4) is 0 Å². The van der Waals surface area contributed by atoms with Crippen molar-refractivity contribution in [2.75, 3.05) is 39.3 Å². The minimum absolute atomic E-state index is 0.396. The van der Waals surface area contributed by atoms with Gasteiger partial charge in [0, 0.05) is 25.7 Å². The van der Waals surface area contributed by atoms with Gasteiger partial charge in [-0.1, -0.05) is 27.7 Å². The van der Waals surface area contributed by atoms with Crippen LogP contribution in [0.4, 0.5) is 0 Å². The number of nitrogens with zero attached hydrogens (tertiary/aromatic N) is 2. The minimum Gasteiger partial charge on any atom is -0.330 e. The van der Waals surface area contributed by atoms with E-state index in [9.17, 15) is 0 Å². The van der Waals surface area contributed by atoms with E-state index in [4.69, 9.17) is 5.73 Å². The Morgan fingerprint density at radius 2 is 1.90 bits per heavy atom. The molecule has 0 bridgehead atoms. The molecule has 3 heteroatoms. The summed E-state index contributed by atoms with van der Waals surface area (Å²) in [6.45, 7) is 18.7. The topological polar surface area (TPSA) is 32.5 Å². The van der Waals surface area contributed by atoms with Gasteiger partial charge < -0.3 is 10.6 Å². The average Bonchev–Trinajstić information content (AvgIpc) is 2.37. The van der Waals surface area contributed by atoms with E-state index in [0.717, 1.165) is 18.5 Å². The molecule has 3 nitrogen and oxygen atoms in total. The van der Waals surface area contributed by atoms with Crippen LogP contribution in [-0.2, 0) is 0 Å². The Balaban J connectivity index is 2.29. The van der Waals surface area contributed by atoms with Crippen LogP contribution >= 0.6 is 0 Å². The van der Waals surface area contributed by atoms with Crippen molar-refractivity contribution in [3.05, 3.63) is 0 Å². The zero-order valence-electron chi connectivity index (χ0n) is 14.5. The largest absolute Gasteiger partial charge is 0.330 e. The van der Waals surface area contributed by atoms with E-state index in [-0.39, 0.29) is 0 Å². The molecule has 0 amide bonds. The first-order valence-electron chi connectivity index (χ1n) is 8.55. The molecule has 1 aliphatic heterocycles. The van der Waals surface area contributed by atoms with E-state index in [1.807, 2.05) is 0 Å². The van der Waals surface area contributed by atoms with Gasteiger partial charge in [0.25, 0.3) is 0 Å². The second-order valence-corrected chi connectivity index (χ2v) is 7.56. The van der Waals surface area contributed by atoms with E-state index in [1.54, 1.807) is 0 Å². The normalized spacial score (nSPS) is 24.0. The first kappa shape index (κ1) is 17.9. The molecule has 0 radical (unpaired) electrons. The van der Waals surface area contributed by atoms with E-state index < -0.39 is 0 Å². The summed E-state index contributed by atoms with van der Waals surface area (Å²) in [7, 11) is 0. The van der Waals surface area contributed by atoms with Gasteiger partial charge in [0.1, 0.15) is 0 Å². The molecule has 0 aromatic carbocycles. The molecule has 1 rings (SSSR count). The molecular weight excluding hydrogens is 246 g/mol. The Labute approximate surface area is 126 Å². The third-order valence-electron chi connectivity index (χ3n) is 5.02. The van der Waals surface area contributed by atoms with Crippen LogP contribution in [0.5, 0.6) is 0 Å². The summed E-state index contributed by atoms with van der Waals surface area (Å²) >= 11 is 0. The Bertz CT molecular complexity index is 259. The first-order valence-corrected chi connectivity index (χ1v) is 8.55. The fourth-order valence-electron chi connectivity index (χ4n) is 3.52. The molecular formula is C17H37N3. The second-order valence-electron chi connectivity index (χ2n) is 7.56. The smallest absolute Gasteiger partial charge is 0.0195 e. The van der Waals surface area contributed by atoms with Gasteiger partial charge in [-0.2, -0.15) is 0 Å². The average molecular weight is 284 g/mol. The molecule has 2 unspecified atom stereocenters. The van der Waals surface area contributed by atoms with Gasteiger partial charge in [-0.25, -0.2) is 0 Å². The number of nitrogens with two attached hydrogens (primary N) is 1. The molecule has 1 aliphatic rings. The van der Waals surface area contributed by atoms with E-state index >= 15 is 0 Å². The fourth-order valence-corrected chi connectivity index (χ4v) is 3.52. The van der Waals surface area contributed by atoms with Crippen LogP contribution in [-0.4, -0.2) is 55.1 Å². The molecule has 20 heavy (non-hydrogen) atoms. The van der Waals surface area contributed by atoms with Crippen molar-refractivity contribution in [1.82, 2.24) is 9.80 Å². The molecule has 1 fully saturated rings. The van der Waals surface area contributed by atoms with Crippen LogP contribution in [0.3, 0.4) is 0 Å². The maximum absolute atomic E-state index is 5.77. The summed E-state index contributed by atoms with van der Waals surface area (Å²) in [6.07, 6.45) is 3.81. The van der Waals surface area contributed by atoms with Crippen molar-refractivity contribution in [2.45, 2.75) is 59.9 Å². The third kappa shape index (κ3) is 5.71. The molecule has 0 spiro atoms. The molecule has 1 heterocycles. The summed E-state index contributed by atoms with van der Waals surface area (Å²) < 4.78 is 0. The molecule has 0 aromatic rings. The number of likely N-dealkylation sites (N-methyl/N-ethyl adjacent to an activating group) is 1. The van der Waals surface area contributed by atoms with Crippen LogP contribution in [0.2, 0.25) is 0 Å². The monoisotopic (exact) mass is 283 g/mol. The summed E-state index contributed by atoms with van der Waals surface area (Å²) in [6, 6.07) is 0.719. The Hall–Kier alpha value is -0.120. The van der Waals surface area contributed by atoms with Gasteiger partial charge in [0.15, 0.2) is 0 Å². The Kier molecular flexibility index (Phi) is 7.49. The predicted octanol–water partition coefficient (Wildman–Crippen LogP) is 2.80. The predicted molar refractivity (Wildman–Crippen MR) is 89.0 cm³/mol. The lowest BCUT2D eigenvalue weighted by atomic mass is 9.76. The van der Waals surface area contributed by atoms with Crippen molar-refractivity contribution in [1.29, 1.82) is 0 Å². The van der Waals surface area contributed by atoms with E-state index in [1.165, 1.54) is 52.0 Å². The minimum atomic E-state index is 0.396. The molecule has 2 atom stereocenters. The molecule has 1 saturated heterocycles. The van der Waals surface area contributed by atoms with Crippen molar-refractivity contribution in [3.63, 3.8) is 0 Å². The van der Waals surface area contributed by atoms with Crippen LogP contribution < -0.4 is 5.73 Å².